The lowest BCUT2D eigenvalue weighted by Gasteiger charge is -2.06. The fourth-order valence-corrected chi connectivity index (χ4v) is 2.18. The lowest BCUT2D eigenvalue weighted by molar-refractivity contribution is -0.138. The fraction of sp³-hybridized carbons (Fsp3) is 0.300. The summed E-state index contributed by atoms with van der Waals surface area (Å²) in [6.45, 7) is 0. The van der Waals surface area contributed by atoms with E-state index in [0.717, 1.165) is 5.69 Å². The molecule has 2 aliphatic heterocycles. The normalized spacial score (nSPS) is 35.3. The van der Waals surface area contributed by atoms with Crippen molar-refractivity contribution in [3.63, 3.8) is 0 Å². The van der Waals surface area contributed by atoms with E-state index >= 15 is 0 Å². The SMILES string of the molecule is O=C(O)CC12OC1(O)Nc1ccccc12. The summed E-state index contributed by atoms with van der Waals surface area (Å²) in [5.74, 6) is -2.53. The van der Waals surface area contributed by atoms with Gasteiger partial charge in [-0.25, -0.2) is 0 Å². The minimum absolute atomic E-state index is 0.243. The number of para-hydroxylation sites is 1. The third-order valence-electron chi connectivity index (χ3n) is 2.89. The molecular weight excluding hydrogens is 198 g/mol. The van der Waals surface area contributed by atoms with E-state index in [2.05, 4.69) is 5.32 Å². The van der Waals surface area contributed by atoms with Crippen LogP contribution in [0.5, 0.6) is 0 Å². The Kier molecular flexibility index (Phi) is 1.34. The van der Waals surface area contributed by atoms with Gasteiger partial charge in [-0.05, 0) is 6.07 Å². The first kappa shape index (κ1) is 8.70. The predicted molar refractivity (Wildman–Crippen MR) is 50.0 cm³/mol. The monoisotopic (exact) mass is 207 g/mol. The standard InChI is InChI=1S/C10H9NO4/c12-8(13)5-9-6-3-1-2-4-7(6)11-10(9,14)15-9/h1-4,11,14H,5H2,(H,12,13). The van der Waals surface area contributed by atoms with E-state index < -0.39 is 17.5 Å². The first-order valence-electron chi connectivity index (χ1n) is 4.59. The van der Waals surface area contributed by atoms with Gasteiger partial charge in [-0.3, -0.25) is 4.79 Å². The van der Waals surface area contributed by atoms with Gasteiger partial charge in [0, 0.05) is 11.3 Å². The zero-order chi connectivity index (χ0) is 10.7. The summed E-state index contributed by atoms with van der Waals surface area (Å²) >= 11 is 0. The first-order chi connectivity index (χ1) is 7.07. The second-order valence-corrected chi connectivity index (χ2v) is 3.81. The van der Waals surface area contributed by atoms with Gasteiger partial charge in [0.15, 0.2) is 5.60 Å². The molecule has 1 saturated heterocycles. The van der Waals surface area contributed by atoms with Gasteiger partial charge in [-0.2, -0.15) is 0 Å². The molecule has 0 bridgehead atoms. The minimum Gasteiger partial charge on any atom is -0.481 e. The zero-order valence-corrected chi connectivity index (χ0v) is 7.73. The molecule has 5 heteroatoms. The molecule has 3 rings (SSSR count). The lowest BCUT2D eigenvalue weighted by Crippen LogP contribution is -2.26. The van der Waals surface area contributed by atoms with E-state index in [-0.39, 0.29) is 6.42 Å². The molecule has 2 atom stereocenters. The van der Waals surface area contributed by atoms with Crippen molar-refractivity contribution < 1.29 is 19.7 Å². The van der Waals surface area contributed by atoms with Crippen LogP contribution in [0.2, 0.25) is 0 Å². The molecule has 1 aromatic rings. The molecule has 1 fully saturated rings. The molecule has 0 saturated carbocycles. The summed E-state index contributed by atoms with van der Waals surface area (Å²) in [5, 5.41) is 21.4. The largest absolute Gasteiger partial charge is 0.481 e. The third-order valence-corrected chi connectivity index (χ3v) is 2.89. The molecule has 0 radical (unpaired) electrons. The summed E-state index contributed by atoms with van der Waals surface area (Å²) in [6.07, 6.45) is -0.243. The number of aliphatic carboxylic acids is 1. The van der Waals surface area contributed by atoms with Crippen LogP contribution in [-0.4, -0.2) is 22.1 Å². The smallest absolute Gasteiger partial charge is 0.306 e. The average Bonchev–Trinajstić information content (AvgIpc) is 2.63. The molecule has 0 spiro atoms. The number of aliphatic hydroxyl groups is 1. The number of hydrogen-bond donors (Lipinski definition) is 3. The van der Waals surface area contributed by atoms with Crippen LogP contribution in [-0.2, 0) is 15.1 Å². The molecule has 3 N–H and O–H groups in total. The highest BCUT2D eigenvalue weighted by atomic mass is 16.8. The summed E-state index contributed by atoms with van der Waals surface area (Å²) in [5.41, 5.74) is 0.331. The molecule has 1 aromatic carbocycles. The molecule has 0 amide bonds. The number of carboxylic acids is 1. The number of carboxylic acid groups (broad SMARTS) is 1. The first-order valence-corrected chi connectivity index (χ1v) is 4.59. The molecule has 2 unspecified atom stereocenters. The maximum atomic E-state index is 10.7. The maximum Gasteiger partial charge on any atom is 0.306 e. The molecule has 78 valence electrons. The van der Waals surface area contributed by atoms with Gasteiger partial charge in [0.1, 0.15) is 0 Å². The van der Waals surface area contributed by atoms with E-state index in [1.165, 1.54) is 0 Å². The van der Waals surface area contributed by atoms with Crippen LogP contribution < -0.4 is 5.32 Å². The third kappa shape index (κ3) is 0.912. The Balaban J connectivity index is 2.08. The Morgan fingerprint density at radius 1 is 1.47 bits per heavy atom. The predicted octanol–water partition coefficient (Wildman–Crippen LogP) is 0.458. The van der Waals surface area contributed by atoms with Crippen molar-refractivity contribution in [2.45, 2.75) is 17.9 Å². The number of hydrogen-bond acceptors (Lipinski definition) is 4. The Hall–Kier alpha value is -1.59. The quantitative estimate of drug-likeness (QED) is 0.614. The van der Waals surface area contributed by atoms with Crippen molar-refractivity contribution in [2.24, 2.45) is 0 Å². The number of epoxide rings is 1. The van der Waals surface area contributed by atoms with Crippen LogP contribution in [0.1, 0.15) is 12.0 Å². The van der Waals surface area contributed by atoms with Crippen molar-refractivity contribution in [2.75, 3.05) is 5.32 Å². The molecule has 15 heavy (non-hydrogen) atoms. The van der Waals surface area contributed by atoms with Crippen molar-refractivity contribution >= 4 is 11.7 Å². The van der Waals surface area contributed by atoms with Gasteiger partial charge in [-0.1, -0.05) is 18.2 Å². The zero-order valence-electron chi connectivity index (χ0n) is 7.73. The van der Waals surface area contributed by atoms with Crippen LogP contribution >= 0.6 is 0 Å². The Bertz CT molecular complexity index is 460. The van der Waals surface area contributed by atoms with Crippen molar-refractivity contribution in [1.29, 1.82) is 0 Å². The Morgan fingerprint density at radius 2 is 2.20 bits per heavy atom. The van der Waals surface area contributed by atoms with Crippen LogP contribution in [0.25, 0.3) is 0 Å². The van der Waals surface area contributed by atoms with E-state index in [4.69, 9.17) is 9.84 Å². The highest BCUT2D eigenvalue weighted by Gasteiger charge is 2.76. The Labute approximate surface area is 85.3 Å². The van der Waals surface area contributed by atoms with Crippen LogP contribution in [0.4, 0.5) is 5.69 Å². The van der Waals surface area contributed by atoms with Crippen LogP contribution in [0, 0.1) is 0 Å². The second kappa shape index (κ2) is 2.32. The summed E-state index contributed by atoms with van der Waals surface area (Å²) < 4.78 is 5.13. The van der Waals surface area contributed by atoms with Gasteiger partial charge in [0.25, 0.3) is 5.91 Å². The molecule has 5 nitrogen and oxygen atoms in total. The number of benzene rings is 1. The molecule has 2 aliphatic rings. The molecular formula is C10H9NO4. The number of fused-ring (bicyclic) bond motifs is 3. The summed E-state index contributed by atoms with van der Waals surface area (Å²) in [7, 11) is 0. The number of nitrogens with one attached hydrogen (secondary N) is 1. The van der Waals surface area contributed by atoms with Crippen molar-refractivity contribution in [1.82, 2.24) is 0 Å². The second-order valence-electron chi connectivity index (χ2n) is 3.81. The van der Waals surface area contributed by atoms with E-state index in [1.54, 1.807) is 18.2 Å². The minimum atomic E-state index is -1.53. The number of ether oxygens (including phenoxy) is 1. The van der Waals surface area contributed by atoms with Crippen LogP contribution in [0.15, 0.2) is 24.3 Å². The van der Waals surface area contributed by atoms with Crippen molar-refractivity contribution in [3.8, 4) is 0 Å². The van der Waals surface area contributed by atoms with E-state index in [1.807, 2.05) is 6.07 Å². The van der Waals surface area contributed by atoms with E-state index in [0.29, 0.717) is 5.56 Å². The lowest BCUT2D eigenvalue weighted by atomic mass is 9.95. The van der Waals surface area contributed by atoms with Gasteiger partial charge in [0.05, 0.1) is 6.42 Å². The van der Waals surface area contributed by atoms with Gasteiger partial charge < -0.3 is 20.3 Å². The van der Waals surface area contributed by atoms with E-state index in [9.17, 15) is 9.90 Å². The molecule has 0 aromatic heterocycles. The number of carbonyl (C=O) groups is 1. The summed E-state index contributed by atoms with van der Waals surface area (Å²) in [6, 6.07) is 7.15. The maximum absolute atomic E-state index is 10.7. The molecule has 2 heterocycles. The Morgan fingerprint density at radius 3 is 2.93 bits per heavy atom. The van der Waals surface area contributed by atoms with Crippen LogP contribution in [0.3, 0.4) is 0 Å². The summed E-state index contributed by atoms with van der Waals surface area (Å²) in [4.78, 5) is 10.7. The number of rotatable bonds is 2. The van der Waals surface area contributed by atoms with Crippen molar-refractivity contribution in [3.05, 3.63) is 29.8 Å². The fourth-order valence-electron chi connectivity index (χ4n) is 2.18. The number of anilines is 1. The molecule has 0 aliphatic carbocycles. The highest BCUT2D eigenvalue weighted by Crippen LogP contribution is 2.62. The van der Waals surface area contributed by atoms with Gasteiger partial charge >= 0.3 is 5.97 Å². The van der Waals surface area contributed by atoms with Gasteiger partial charge in [0.2, 0.25) is 0 Å². The average molecular weight is 207 g/mol. The highest BCUT2D eigenvalue weighted by molar-refractivity contribution is 5.74. The topological polar surface area (TPSA) is 82.1 Å². The van der Waals surface area contributed by atoms with Gasteiger partial charge in [-0.15, -0.1) is 0 Å².